The largest absolute Gasteiger partial charge is 0.379 e. The first-order valence-electron chi connectivity index (χ1n) is 5.66. The van der Waals surface area contributed by atoms with Crippen molar-refractivity contribution in [1.29, 1.82) is 0 Å². The molecule has 2 aromatic rings. The normalized spacial score (nSPS) is 14.5. The number of hydrogen-bond donors (Lipinski definition) is 1. The van der Waals surface area contributed by atoms with E-state index < -0.39 is 11.4 Å². The van der Waals surface area contributed by atoms with E-state index in [1.807, 2.05) is 6.92 Å². The lowest BCUT2D eigenvalue weighted by Gasteiger charge is -2.28. The van der Waals surface area contributed by atoms with Crippen LogP contribution in [0.4, 0.5) is 4.39 Å². The first-order valence-corrected chi connectivity index (χ1v) is 6.45. The zero-order chi connectivity index (χ0) is 13.3. The number of benzene rings is 1. The number of aryl methyl sites for hydroxylation is 1. The van der Waals surface area contributed by atoms with Gasteiger partial charge in [0.1, 0.15) is 11.4 Å². The molecule has 1 aromatic carbocycles. The van der Waals surface area contributed by atoms with Gasteiger partial charge in [-0.3, -0.25) is 4.68 Å². The molecule has 1 heterocycles. The molecule has 1 N–H and O–H groups in total. The molecular formula is C13H14BrFN2O. The minimum absolute atomic E-state index is 0.261. The highest BCUT2D eigenvalue weighted by Gasteiger charge is 2.36. The van der Waals surface area contributed by atoms with Gasteiger partial charge in [0.2, 0.25) is 0 Å². The van der Waals surface area contributed by atoms with Gasteiger partial charge in [-0.2, -0.15) is 5.10 Å². The summed E-state index contributed by atoms with van der Waals surface area (Å²) in [4.78, 5) is 0. The smallest absolute Gasteiger partial charge is 0.135 e. The van der Waals surface area contributed by atoms with E-state index >= 15 is 0 Å². The maximum atomic E-state index is 13.9. The summed E-state index contributed by atoms with van der Waals surface area (Å²) in [6, 6.07) is 6.26. The molecule has 0 bridgehead atoms. The zero-order valence-electron chi connectivity index (χ0n) is 10.2. The maximum Gasteiger partial charge on any atom is 0.135 e. The lowest BCUT2D eigenvalue weighted by atomic mass is 9.87. The Morgan fingerprint density at radius 1 is 1.44 bits per heavy atom. The summed E-state index contributed by atoms with van der Waals surface area (Å²) in [5.74, 6) is -0.421. The number of hydrogen-bond acceptors (Lipinski definition) is 2. The first-order chi connectivity index (χ1) is 8.50. The topological polar surface area (TPSA) is 38.1 Å². The fourth-order valence-corrected chi connectivity index (χ4v) is 2.83. The average molecular weight is 313 g/mol. The van der Waals surface area contributed by atoms with Crippen LogP contribution in [0.15, 0.2) is 34.9 Å². The van der Waals surface area contributed by atoms with Crippen molar-refractivity contribution >= 4 is 15.9 Å². The third-order valence-corrected chi connectivity index (χ3v) is 3.70. The van der Waals surface area contributed by atoms with E-state index in [9.17, 15) is 9.50 Å². The lowest BCUT2D eigenvalue weighted by Crippen LogP contribution is -2.30. The second-order valence-corrected chi connectivity index (χ2v) is 5.01. The Labute approximate surface area is 113 Å². The van der Waals surface area contributed by atoms with Crippen molar-refractivity contribution in [2.24, 2.45) is 7.05 Å². The highest BCUT2D eigenvalue weighted by Crippen LogP contribution is 2.37. The predicted molar refractivity (Wildman–Crippen MR) is 70.6 cm³/mol. The molecule has 0 aliphatic heterocycles. The van der Waals surface area contributed by atoms with Crippen molar-refractivity contribution in [1.82, 2.24) is 9.78 Å². The van der Waals surface area contributed by atoms with Crippen molar-refractivity contribution in [2.45, 2.75) is 18.9 Å². The Morgan fingerprint density at radius 2 is 2.11 bits per heavy atom. The summed E-state index contributed by atoms with van der Waals surface area (Å²) in [6.07, 6.45) is 1.95. The van der Waals surface area contributed by atoms with Crippen molar-refractivity contribution in [3.63, 3.8) is 0 Å². The van der Waals surface area contributed by atoms with Crippen LogP contribution in [0.1, 0.15) is 24.6 Å². The molecule has 0 aliphatic rings. The van der Waals surface area contributed by atoms with Crippen molar-refractivity contribution in [2.75, 3.05) is 0 Å². The van der Waals surface area contributed by atoms with Gasteiger partial charge in [0.25, 0.3) is 0 Å². The molecule has 18 heavy (non-hydrogen) atoms. The van der Waals surface area contributed by atoms with Crippen LogP contribution < -0.4 is 0 Å². The molecule has 0 spiro atoms. The highest BCUT2D eigenvalue weighted by atomic mass is 79.9. The van der Waals surface area contributed by atoms with Crippen LogP contribution in [0.25, 0.3) is 0 Å². The summed E-state index contributed by atoms with van der Waals surface area (Å²) in [6.45, 7) is 1.81. The summed E-state index contributed by atoms with van der Waals surface area (Å²) in [5, 5.41) is 14.9. The number of aromatic nitrogens is 2. The standard InChI is InChI=1S/C13H14BrFN2O/c1-3-13(18,9-6-4-5-7-11(9)15)12-10(14)8-16-17(12)2/h4-8,18H,3H2,1-2H3. The van der Waals surface area contributed by atoms with Gasteiger partial charge in [-0.25, -0.2) is 4.39 Å². The quantitative estimate of drug-likeness (QED) is 0.946. The molecule has 0 fully saturated rings. The van der Waals surface area contributed by atoms with Crippen LogP contribution in [-0.4, -0.2) is 14.9 Å². The molecule has 0 saturated heterocycles. The summed E-state index contributed by atoms with van der Waals surface area (Å²) >= 11 is 3.35. The Hall–Kier alpha value is -1.20. The lowest BCUT2D eigenvalue weighted by molar-refractivity contribution is 0.0631. The third-order valence-electron chi connectivity index (χ3n) is 3.12. The zero-order valence-corrected chi connectivity index (χ0v) is 11.8. The van der Waals surface area contributed by atoms with E-state index in [2.05, 4.69) is 21.0 Å². The molecule has 0 aliphatic carbocycles. The van der Waals surface area contributed by atoms with E-state index in [-0.39, 0.29) is 5.56 Å². The minimum atomic E-state index is -1.39. The summed E-state index contributed by atoms with van der Waals surface area (Å²) in [5.41, 5.74) is -0.581. The van der Waals surface area contributed by atoms with E-state index in [0.717, 1.165) is 0 Å². The van der Waals surface area contributed by atoms with Gasteiger partial charge in [0, 0.05) is 12.6 Å². The van der Waals surface area contributed by atoms with Gasteiger partial charge < -0.3 is 5.11 Å². The maximum absolute atomic E-state index is 13.9. The molecule has 0 radical (unpaired) electrons. The molecule has 1 aromatic heterocycles. The van der Waals surface area contributed by atoms with Gasteiger partial charge in [-0.1, -0.05) is 25.1 Å². The molecule has 0 amide bonds. The molecule has 1 unspecified atom stereocenters. The number of aliphatic hydroxyl groups is 1. The van der Waals surface area contributed by atoms with E-state index in [1.54, 1.807) is 36.1 Å². The van der Waals surface area contributed by atoms with Gasteiger partial charge in [-0.05, 0) is 28.4 Å². The molecule has 96 valence electrons. The summed E-state index contributed by atoms with van der Waals surface area (Å²) in [7, 11) is 1.72. The third kappa shape index (κ3) is 1.97. The van der Waals surface area contributed by atoms with Crippen molar-refractivity contribution in [3.05, 3.63) is 52.0 Å². The fourth-order valence-electron chi connectivity index (χ4n) is 2.16. The van der Waals surface area contributed by atoms with Gasteiger partial charge in [-0.15, -0.1) is 0 Å². The minimum Gasteiger partial charge on any atom is -0.379 e. The molecule has 1 atom stereocenters. The van der Waals surface area contributed by atoms with Crippen LogP contribution in [-0.2, 0) is 12.6 Å². The van der Waals surface area contributed by atoms with Crippen LogP contribution in [0.3, 0.4) is 0 Å². The van der Waals surface area contributed by atoms with Gasteiger partial charge in [0.05, 0.1) is 16.4 Å². The van der Waals surface area contributed by atoms with Crippen LogP contribution in [0, 0.1) is 5.82 Å². The second-order valence-electron chi connectivity index (χ2n) is 4.16. The highest BCUT2D eigenvalue weighted by molar-refractivity contribution is 9.10. The van der Waals surface area contributed by atoms with Crippen molar-refractivity contribution in [3.8, 4) is 0 Å². The van der Waals surface area contributed by atoms with Crippen LogP contribution in [0.5, 0.6) is 0 Å². The van der Waals surface area contributed by atoms with Gasteiger partial charge >= 0.3 is 0 Å². The first kappa shape index (κ1) is 13.2. The average Bonchev–Trinajstić information content (AvgIpc) is 2.69. The van der Waals surface area contributed by atoms with E-state index in [0.29, 0.717) is 16.6 Å². The number of halogens is 2. The second kappa shape index (κ2) is 4.82. The van der Waals surface area contributed by atoms with Crippen LogP contribution >= 0.6 is 15.9 Å². The van der Waals surface area contributed by atoms with Crippen molar-refractivity contribution < 1.29 is 9.50 Å². The predicted octanol–water partition coefficient (Wildman–Crippen LogP) is 2.97. The molecule has 0 saturated carbocycles. The number of rotatable bonds is 3. The summed E-state index contributed by atoms with van der Waals surface area (Å²) < 4.78 is 16.1. The van der Waals surface area contributed by atoms with E-state index in [4.69, 9.17) is 0 Å². The van der Waals surface area contributed by atoms with Crippen LogP contribution in [0.2, 0.25) is 0 Å². The Balaban J connectivity index is 2.67. The fraction of sp³-hybridized carbons (Fsp3) is 0.308. The Morgan fingerprint density at radius 3 is 2.61 bits per heavy atom. The monoisotopic (exact) mass is 312 g/mol. The molecule has 3 nitrogen and oxygen atoms in total. The number of nitrogens with zero attached hydrogens (tertiary/aromatic N) is 2. The molecule has 2 rings (SSSR count). The SMILES string of the molecule is CCC(O)(c1ccccc1F)c1c(Br)cnn1C. The Kier molecular flexibility index (Phi) is 3.54. The molecule has 5 heteroatoms. The van der Waals surface area contributed by atoms with Gasteiger partial charge in [0.15, 0.2) is 0 Å². The van der Waals surface area contributed by atoms with E-state index in [1.165, 1.54) is 6.07 Å². The molecular weight excluding hydrogens is 299 g/mol. The Bertz CT molecular complexity index is 550.